The molecule has 1 rings (SSSR count). The van der Waals surface area contributed by atoms with Gasteiger partial charge in [-0.3, -0.25) is 4.79 Å². The lowest BCUT2D eigenvalue weighted by Gasteiger charge is -2.23. The van der Waals surface area contributed by atoms with Crippen molar-refractivity contribution in [3.8, 4) is 0 Å². The Labute approximate surface area is 132 Å². The normalized spacial score (nSPS) is 10.7. The molecular formula is C17H26N2O3. The summed E-state index contributed by atoms with van der Waals surface area (Å²) in [5, 5.41) is 8.88. The lowest BCUT2D eigenvalue weighted by Crippen LogP contribution is -2.34. The minimum atomic E-state index is -0.981. The smallest absolute Gasteiger partial charge is 0.335 e. The third-order valence-electron chi connectivity index (χ3n) is 3.84. The van der Waals surface area contributed by atoms with Crippen molar-refractivity contribution >= 4 is 11.9 Å². The van der Waals surface area contributed by atoms with Gasteiger partial charge in [-0.05, 0) is 57.2 Å². The van der Waals surface area contributed by atoms with E-state index in [1.54, 1.807) is 17.0 Å². The van der Waals surface area contributed by atoms with E-state index in [1.165, 1.54) is 12.1 Å². The van der Waals surface area contributed by atoms with Crippen LogP contribution >= 0.6 is 0 Å². The van der Waals surface area contributed by atoms with Gasteiger partial charge in [-0.1, -0.05) is 13.8 Å². The third kappa shape index (κ3) is 5.15. The Morgan fingerprint density at radius 3 is 1.91 bits per heavy atom. The molecule has 1 aromatic rings. The second-order valence-corrected chi connectivity index (χ2v) is 5.15. The molecule has 0 spiro atoms. The fraction of sp³-hybridized carbons (Fsp3) is 0.529. The fourth-order valence-corrected chi connectivity index (χ4v) is 2.37. The molecule has 5 nitrogen and oxygen atoms in total. The van der Waals surface area contributed by atoms with Gasteiger partial charge in [0.15, 0.2) is 0 Å². The van der Waals surface area contributed by atoms with Gasteiger partial charge in [0.05, 0.1) is 5.56 Å². The number of nitrogens with zero attached hydrogens (tertiary/aromatic N) is 2. The van der Waals surface area contributed by atoms with Crippen molar-refractivity contribution in [2.75, 3.05) is 32.7 Å². The van der Waals surface area contributed by atoms with Crippen LogP contribution in [0.4, 0.5) is 0 Å². The van der Waals surface area contributed by atoms with E-state index in [9.17, 15) is 9.59 Å². The van der Waals surface area contributed by atoms with Crippen LogP contribution in [0, 0.1) is 0 Å². The van der Waals surface area contributed by atoms with E-state index >= 15 is 0 Å². The molecule has 1 N–H and O–H groups in total. The maximum Gasteiger partial charge on any atom is 0.335 e. The minimum absolute atomic E-state index is 0.0426. The molecule has 0 atom stereocenters. The van der Waals surface area contributed by atoms with Crippen molar-refractivity contribution in [2.24, 2.45) is 0 Å². The van der Waals surface area contributed by atoms with Crippen LogP contribution in [0.5, 0.6) is 0 Å². The zero-order valence-corrected chi connectivity index (χ0v) is 13.7. The Morgan fingerprint density at radius 2 is 1.45 bits per heavy atom. The first-order valence-electron chi connectivity index (χ1n) is 7.88. The van der Waals surface area contributed by atoms with E-state index in [2.05, 4.69) is 18.7 Å². The molecule has 0 heterocycles. The standard InChI is InChI=1S/C17H26N2O3/c1-4-18(5-2)12-7-13-19(6-3)16(20)14-8-10-15(11-9-14)17(21)22/h8-11H,4-7,12-13H2,1-3H3,(H,21,22). The Hall–Kier alpha value is -1.88. The predicted octanol–water partition coefficient (Wildman–Crippen LogP) is 2.58. The van der Waals surface area contributed by atoms with Crippen LogP contribution in [-0.4, -0.2) is 59.5 Å². The number of hydrogen-bond acceptors (Lipinski definition) is 3. The number of amides is 1. The largest absolute Gasteiger partial charge is 0.478 e. The molecule has 1 aromatic carbocycles. The highest BCUT2D eigenvalue weighted by Gasteiger charge is 2.14. The number of carboxylic acids is 1. The highest BCUT2D eigenvalue weighted by molar-refractivity contribution is 5.95. The van der Waals surface area contributed by atoms with Gasteiger partial charge >= 0.3 is 5.97 Å². The first-order chi connectivity index (χ1) is 10.5. The molecule has 122 valence electrons. The number of aromatic carboxylic acids is 1. The molecule has 0 saturated carbocycles. The van der Waals surface area contributed by atoms with Crippen LogP contribution in [0.25, 0.3) is 0 Å². The van der Waals surface area contributed by atoms with Crippen LogP contribution in [0.15, 0.2) is 24.3 Å². The summed E-state index contributed by atoms with van der Waals surface area (Å²) in [6.45, 7) is 10.6. The van der Waals surface area contributed by atoms with E-state index in [4.69, 9.17) is 5.11 Å². The molecule has 0 bridgehead atoms. The number of hydrogen-bond donors (Lipinski definition) is 1. The minimum Gasteiger partial charge on any atom is -0.478 e. The number of rotatable bonds is 9. The Balaban J connectivity index is 2.61. The first kappa shape index (κ1) is 18.2. The molecule has 0 aromatic heterocycles. The zero-order chi connectivity index (χ0) is 16.5. The van der Waals surface area contributed by atoms with Gasteiger partial charge in [0.25, 0.3) is 5.91 Å². The van der Waals surface area contributed by atoms with E-state index in [-0.39, 0.29) is 11.5 Å². The van der Waals surface area contributed by atoms with Gasteiger partial charge < -0.3 is 14.9 Å². The van der Waals surface area contributed by atoms with Gasteiger partial charge in [-0.2, -0.15) is 0 Å². The highest BCUT2D eigenvalue weighted by Crippen LogP contribution is 2.09. The van der Waals surface area contributed by atoms with E-state index in [0.717, 1.165) is 26.1 Å². The van der Waals surface area contributed by atoms with Crippen molar-refractivity contribution in [3.05, 3.63) is 35.4 Å². The Kier molecular flexibility index (Phi) is 7.60. The summed E-state index contributed by atoms with van der Waals surface area (Å²) in [7, 11) is 0. The Morgan fingerprint density at radius 1 is 0.909 bits per heavy atom. The Bertz CT molecular complexity index is 481. The quantitative estimate of drug-likeness (QED) is 0.762. The number of benzene rings is 1. The van der Waals surface area contributed by atoms with Crippen molar-refractivity contribution in [2.45, 2.75) is 27.2 Å². The number of carbonyl (C=O) groups is 2. The van der Waals surface area contributed by atoms with Crippen molar-refractivity contribution < 1.29 is 14.7 Å². The average molecular weight is 306 g/mol. The number of carbonyl (C=O) groups excluding carboxylic acids is 1. The van der Waals surface area contributed by atoms with Crippen LogP contribution in [0.2, 0.25) is 0 Å². The van der Waals surface area contributed by atoms with Crippen molar-refractivity contribution in [1.29, 1.82) is 0 Å². The zero-order valence-electron chi connectivity index (χ0n) is 13.7. The summed E-state index contributed by atoms with van der Waals surface area (Å²) >= 11 is 0. The van der Waals surface area contributed by atoms with Crippen LogP contribution in [0.3, 0.4) is 0 Å². The van der Waals surface area contributed by atoms with Gasteiger partial charge in [0.2, 0.25) is 0 Å². The third-order valence-corrected chi connectivity index (χ3v) is 3.84. The van der Waals surface area contributed by atoms with Gasteiger partial charge in [0.1, 0.15) is 0 Å². The average Bonchev–Trinajstić information content (AvgIpc) is 2.54. The predicted molar refractivity (Wildman–Crippen MR) is 87.4 cm³/mol. The highest BCUT2D eigenvalue weighted by atomic mass is 16.4. The van der Waals surface area contributed by atoms with E-state index in [1.807, 2.05) is 6.92 Å². The monoisotopic (exact) mass is 306 g/mol. The molecule has 0 radical (unpaired) electrons. The lowest BCUT2D eigenvalue weighted by atomic mass is 10.1. The second kappa shape index (κ2) is 9.20. The van der Waals surface area contributed by atoms with Crippen LogP contribution in [0.1, 0.15) is 47.9 Å². The molecular weight excluding hydrogens is 280 g/mol. The van der Waals surface area contributed by atoms with Gasteiger partial charge in [0, 0.05) is 18.7 Å². The topological polar surface area (TPSA) is 60.9 Å². The van der Waals surface area contributed by atoms with E-state index < -0.39 is 5.97 Å². The molecule has 1 amide bonds. The molecule has 0 unspecified atom stereocenters. The second-order valence-electron chi connectivity index (χ2n) is 5.15. The van der Waals surface area contributed by atoms with Crippen LogP contribution in [-0.2, 0) is 0 Å². The van der Waals surface area contributed by atoms with Gasteiger partial charge in [-0.15, -0.1) is 0 Å². The fourth-order valence-electron chi connectivity index (χ4n) is 2.37. The number of carboxylic acid groups (broad SMARTS) is 1. The van der Waals surface area contributed by atoms with Crippen molar-refractivity contribution in [1.82, 2.24) is 9.80 Å². The molecule has 0 aliphatic rings. The maximum absolute atomic E-state index is 12.4. The SMILES string of the molecule is CCN(CC)CCCN(CC)C(=O)c1ccc(C(=O)O)cc1. The maximum atomic E-state index is 12.4. The first-order valence-corrected chi connectivity index (χ1v) is 7.88. The van der Waals surface area contributed by atoms with Crippen LogP contribution < -0.4 is 0 Å². The summed E-state index contributed by atoms with van der Waals surface area (Å²) in [6, 6.07) is 6.11. The molecule has 0 aliphatic carbocycles. The summed E-state index contributed by atoms with van der Waals surface area (Å²) in [5.41, 5.74) is 0.732. The summed E-state index contributed by atoms with van der Waals surface area (Å²) < 4.78 is 0. The molecule has 5 heteroatoms. The molecule has 0 saturated heterocycles. The molecule has 22 heavy (non-hydrogen) atoms. The van der Waals surface area contributed by atoms with Crippen molar-refractivity contribution in [3.63, 3.8) is 0 Å². The summed E-state index contributed by atoms with van der Waals surface area (Å²) in [5.74, 6) is -1.02. The molecule has 0 fully saturated rings. The lowest BCUT2D eigenvalue weighted by molar-refractivity contribution is 0.0694. The van der Waals surface area contributed by atoms with E-state index in [0.29, 0.717) is 18.7 Å². The van der Waals surface area contributed by atoms with Gasteiger partial charge in [-0.25, -0.2) is 4.79 Å². The summed E-state index contributed by atoms with van der Waals surface area (Å²) in [4.78, 5) is 27.4. The molecule has 0 aliphatic heterocycles. The summed E-state index contributed by atoms with van der Waals surface area (Å²) in [6.07, 6.45) is 0.939.